The zero-order valence-corrected chi connectivity index (χ0v) is 15.5. The minimum atomic E-state index is -0.206. The van der Waals surface area contributed by atoms with Crippen LogP contribution in [0.4, 0.5) is 0 Å². The Kier molecular flexibility index (Phi) is 6.89. The van der Waals surface area contributed by atoms with Crippen LogP contribution in [0.3, 0.4) is 0 Å². The number of carbonyl (C=O) groups is 1. The fraction of sp³-hybridized carbons (Fsp3) is 0.571. The predicted octanol–water partition coefficient (Wildman–Crippen LogP) is 5.99. The quantitative estimate of drug-likeness (QED) is 0.418. The molecule has 0 bridgehead atoms. The number of carbonyl (C=O) groups excluding carboxylic acids is 1. The molecule has 0 spiro atoms. The number of ether oxygens (including phenoxy) is 1. The van der Waals surface area contributed by atoms with Gasteiger partial charge in [-0.15, -0.1) is 0 Å². The van der Waals surface area contributed by atoms with E-state index in [0.29, 0.717) is 24.1 Å². The highest BCUT2D eigenvalue weighted by Crippen LogP contribution is 2.24. The normalized spacial score (nSPS) is 12.7. The van der Waals surface area contributed by atoms with E-state index < -0.39 is 0 Å². The Morgan fingerprint density at radius 2 is 1.92 bits per heavy atom. The number of aromatic nitrogens is 1. The van der Waals surface area contributed by atoms with Crippen LogP contribution in [-0.4, -0.2) is 17.1 Å². The third-order valence-corrected chi connectivity index (χ3v) is 4.59. The van der Waals surface area contributed by atoms with Crippen molar-refractivity contribution in [2.24, 2.45) is 5.92 Å². The molecule has 1 unspecified atom stereocenters. The first-order valence-corrected chi connectivity index (χ1v) is 9.31. The number of nitrogens with zero attached hydrogens (tertiary/aromatic N) is 1. The first-order valence-electron chi connectivity index (χ1n) is 9.31. The van der Waals surface area contributed by atoms with Crippen molar-refractivity contribution < 1.29 is 9.53 Å². The fourth-order valence-electron chi connectivity index (χ4n) is 3.12. The standard InChI is InChI=1S/C21H31NO2/c1-5-6-7-8-10-17(4)15-24-21(23)19-11-9-12-20-18(19)13-14-22(20)16(2)3/h9,11-14,16-17H,5-8,10,15H2,1-4H3. The van der Waals surface area contributed by atoms with Gasteiger partial charge in [-0.25, -0.2) is 4.79 Å². The van der Waals surface area contributed by atoms with Gasteiger partial charge in [-0.1, -0.05) is 45.6 Å². The molecule has 0 saturated carbocycles. The van der Waals surface area contributed by atoms with Crippen LogP contribution < -0.4 is 0 Å². The molecular formula is C21H31NO2. The topological polar surface area (TPSA) is 31.2 Å². The summed E-state index contributed by atoms with van der Waals surface area (Å²) in [5.74, 6) is 0.216. The van der Waals surface area contributed by atoms with Crippen molar-refractivity contribution in [3.05, 3.63) is 36.0 Å². The van der Waals surface area contributed by atoms with E-state index in [4.69, 9.17) is 4.74 Å². The van der Waals surface area contributed by atoms with Gasteiger partial charge in [0.05, 0.1) is 12.2 Å². The molecule has 0 radical (unpaired) electrons. The summed E-state index contributed by atoms with van der Waals surface area (Å²) < 4.78 is 7.76. The highest BCUT2D eigenvalue weighted by molar-refractivity contribution is 6.03. The summed E-state index contributed by atoms with van der Waals surface area (Å²) in [6.07, 6.45) is 8.21. The van der Waals surface area contributed by atoms with Gasteiger partial charge in [-0.3, -0.25) is 0 Å². The maximum atomic E-state index is 12.5. The van der Waals surface area contributed by atoms with Gasteiger partial charge in [0.15, 0.2) is 0 Å². The van der Waals surface area contributed by atoms with Crippen molar-refractivity contribution in [1.29, 1.82) is 0 Å². The third-order valence-electron chi connectivity index (χ3n) is 4.59. The van der Waals surface area contributed by atoms with Gasteiger partial charge in [0.1, 0.15) is 0 Å². The molecule has 2 aromatic rings. The summed E-state index contributed by atoms with van der Waals surface area (Å²) in [6, 6.07) is 8.24. The molecule has 1 heterocycles. The number of rotatable bonds is 9. The Morgan fingerprint density at radius 3 is 2.62 bits per heavy atom. The van der Waals surface area contributed by atoms with Gasteiger partial charge in [0.2, 0.25) is 0 Å². The van der Waals surface area contributed by atoms with Gasteiger partial charge in [-0.05, 0) is 44.4 Å². The van der Waals surface area contributed by atoms with Gasteiger partial charge < -0.3 is 9.30 Å². The van der Waals surface area contributed by atoms with Crippen LogP contribution in [0.25, 0.3) is 10.9 Å². The SMILES string of the molecule is CCCCCCC(C)COC(=O)c1cccc2c1ccn2C(C)C. The molecule has 1 aromatic carbocycles. The highest BCUT2D eigenvalue weighted by atomic mass is 16.5. The van der Waals surface area contributed by atoms with E-state index in [1.165, 1.54) is 25.7 Å². The molecule has 0 aliphatic carbocycles. The fourth-order valence-corrected chi connectivity index (χ4v) is 3.12. The number of esters is 1. The van der Waals surface area contributed by atoms with Crippen molar-refractivity contribution in [2.45, 2.75) is 65.8 Å². The van der Waals surface area contributed by atoms with Crippen molar-refractivity contribution in [1.82, 2.24) is 4.57 Å². The summed E-state index contributed by atoms with van der Waals surface area (Å²) in [6.45, 7) is 9.18. The maximum absolute atomic E-state index is 12.5. The van der Waals surface area contributed by atoms with E-state index in [2.05, 4.69) is 38.3 Å². The van der Waals surface area contributed by atoms with Crippen molar-refractivity contribution in [2.75, 3.05) is 6.61 Å². The number of unbranched alkanes of at least 4 members (excludes halogenated alkanes) is 3. The Balaban J connectivity index is 1.96. The summed E-state index contributed by atoms with van der Waals surface area (Å²) in [5, 5.41) is 0.979. The second-order valence-electron chi connectivity index (χ2n) is 7.11. The second-order valence-corrected chi connectivity index (χ2v) is 7.11. The average Bonchev–Trinajstić information content (AvgIpc) is 3.00. The molecule has 1 aromatic heterocycles. The Bertz CT molecular complexity index is 657. The molecule has 0 saturated heterocycles. The first-order chi connectivity index (χ1) is 11.5. The van der Waals surface area contributed by atoms with Crippen molar-refractivity contribution in [3.8, 4) is 0 Å². The summed E-state index contributed by atoms with van der Waals surface area (Å²) in [7, 11) is 0. The number of hydrogen-bond donors (Lipinski definition) is 0. The van der Waals surface area contributed by atoms with E-state index in [0.717, 1.165) is 17.3 Å². The molecule has 1 atom stereocenters. The van der Waals surface area contributed by atoms with Gasteiger partial charge in [0, 0.05) is 23.1 Å². The number of hydrogen-bond acceptors (Lipinski definition) is 2. The highest BCUT2D eigenvalue weighted by Gasteiger charge is 2.15. The van der Waals surface area contributed by atoms with Gasteiger partial charge in [0.25, 0.3) is 0 Å². The van der Waals surface area contributed by atoms with Crippen LogP contribution in [-0.2, 0) is 4.74 Å². The van der Waals surface area contributed by atoms with Crippen LogP contribution in [0.1, 0.15) is 76.2 Å². The van der Waals surface area contributed by atoms with Crippen LogP contribution in [0, 0.1) is 5.92 Å². The lowest BCUT2D eigenvalue weighted by Crippen LogP contribution is -2.12. The molecule has 0 N–H and O–H groups in total. The van der Waals surface area contributed by atoms with Gasteiger partial charge >= 0.3 is 5.97 Å². The minimum Gasteiger partial charge on any atom is -0.462 e. The van der Waals surface area contributed by atoms with Gasteiger partial charge in [-0.2, -0.15) is 0 Å². The molecule has 2 rings (SSSR count). The molecule has 3 heteroatoms. The molecule has 0 fully saturated rings. The monoisotopic (exact) mass is 329 g/mol. The predicted molar refractivity (Wildman–Crippen MR) is 101 cm³/mol. The molecule has 0 aliphatic rings. The summed E-state index contributed by atoms with van der Waals surface area (Å²) in [5.41, 5.74) is 1.76. The number of fused-ring (bicyclic) bond motifs is 1. The molecular weight excluding hydrogens is 298 g/mol. The van der Waals surface area contributed by atoms with Crippen LogP contribution in [0.15, 0.2) is 30.5 Å². The minimum absolute atomic E-state index is 0.206. The van der Waals surface area contributed by atoms with E-state index >= 15 is 0 Å². The Labute approximate surface area is 146 Å². The molecule has 3 nitrogen and oxygen atoms in total. The molecule has 132 valence electrons. The first kappa shape index (κ1) is 18.6. The lowest BCUT2D eigenvalue weighted by Gasteiger charge is -2.13. The van der Waals surface area contributed by atoms with Crippen molar-refractivity contribution in [3.63, 3.8) is 0 Å². The van der Waals surface area contributed by atoms with Crippen molar-refractivity contribution >= 4 is 16.9 Å². The lowest BCUT2D eigenvalue weighted by atomic mass is 10.0. The molecule has 24 heavy (non-hydrogen) atoms. The second kappa shape index (κ2) is 8.91. The Hall–Kier alpha value is -1.77. The molecule has 0 aliphatic heterocycles. The number of benzene rings is 1. The largest absolute Gasteiger partial charge is 0.462 e. The van der Waals surface area contributed by atoms with Crippen LogP contribution in [0.2, 0.25) is 0 Å². The summed E-state index contributed by atoms with van der Waals surface area (Å²) >= 11 is 0. The van der Waals surface area contributed by atoms with Crippen LogP contribution in [0.5, 0.6) is 0 Å². The van der Waals surface area contributed by atoms with E-state index in [9.17, 15) is 4.79 Å². The zero-order chi connectivity index (χ0) is 17.5. The summed E-state index contributed by atoms with van der Waals surface area (Å²) in [4.78, 5) is 12.5. The van der Waals surface area contributed by atoms with E-state index in [1.807, 2.05) is 24.4 Å². The van der Waals surface area contributed by atoms with E-state index in [-0.39, 0.29) is 5.97 Å². The van der Waals surface area contributed by atoms with E-state index in [1.54, 1.807) is 0 Å². The zero-order valence-electron chi connectivity index (χ0n) is 15.5. The average molecular weight is 329 g/mol. The lowest BCUT2D eigenvalue weighted by molar-refractivity contribution is 0.0445. The molecule has 0 amide bonds. The van der Waals surface area contributed by atoms with Crippen LogP contribution >= 0.6 is 0 Å². The third kappa shape index (κ3) is 4.62. The maximum Gasteiger partial charge on any atom is 0.338 e. The Morgan fingerprint density at radius 1 is 1.12 bits per heavy atom. The smallest absolute Gasteiger partial charge is 0.338 e.